The lowest BCUT2D eigenvalue weighted by Crippen LogP contribution is -2.11. The number of halogens is 2. The number of rotatable bonds is 7. The van der Waals surface area contributed by atoms with E-state index in [4.69, 9.17) is 0 Å². The monoisotopic (exact) mass is 295 g/mol. The highest BCUT2D eigenvalue weighted by atomic mass is 32.2. The minimum atomic E-state index is -4.49. The molecule has 7 heteroatoms. The Kier molecular flexibility index (Phi) is 5.87. The number of thioether (sulfide) groups is 1. The maximum Gasteiger partial charge on any atom is 0.341 e. The van der Waals surface area contributed by atoms with Gasteiger partial charge in [-0.2, -0.15) is 20.5 Å². The van der Waals surface area contributed by atoms with Crippen LogP contribution in [0.3, 0.4) is 0 Å². The Hall–Kier alpha value is -0.820. The van der Waals surface area contributed by atoms with Crippen LogP contribution in [-0.4, -0.2) is 32.7 Å². The second-order valence-electron chi connectivity index (χ2n) is 3.60. The van der Waals surface area contributed by atoms with E-state index in [1.165, 1.54) is 24.3 Å². The van der Waals surface area contributed by atoms with E-state index in [2.05, 4.69) is 5.32 Å². The molecule has 0 spiro atoms. The highest BCUT2D eigenvalue weighted by molar-refractivity contribution is 7.98. The summed E-state index contributed by atoms with van der Waals surface area (Å²) in [7, 11) is -4.49. The zero-order valence-electron chi connectivity index (χ0n) is 9.90. The molecule has 0 unspecified atom stereocenters. The van der Waals surface area contributed by atoms with Crippen LogP contribution in [0.15, 0.2) is 29.2 Å². The molecule has 0 saturated carbocycles. The molecule has 0 aromatic heterocycles. The van der Waals surface area contributed by atoms with Gasteiger partial charge in [-0.1, -0.05) is 0 Å². The number of sulfone groups is 1. The van der Waals surface area contributed by atoms with Crippen molar-refractivity contribution in [1.29, 1.82) is 0 Å². The van der Waals surface area contributed by atoms with E-state index in [1.807, 2.05) is 6.26 Å². The van der Waals surface area contributed by atoms with Gasteiger partial charge in [0.25, 0.3) is 0 Å². The molecule has 1 aromatic carbocycles. The third-order valence-electron chi connectivity index (χ3n) is 2.27. The molecular formula is C11H15F2NO2S2. The van der Waals surface area contributed by atoms with E-state index >= 15 is 0 Å². The molecule has 102 valence electrons. The van der Waals surface area contributed by atoms with Gasteiger partial charge >= 0.3 is 5.76 Å². The van der Waals surface area contributed by atoms with Gasteiger partial charge in [-0.25, -0.2) is 8.42 Å². The van der Waals surface area contributed by atoms with Crippen molar-refractivity contribution in [3.63, 3.8) is 0 Å². The smallest absolute Gasteiger partial charge is 0.341 e. The number of nitrogens with one attached hydrogen (secondary N) is 1. The van der Waals surface area contributed by atoms with Gasteiger partial charge in [-0.15, -0.1) is 0 Å². The third-order valence-corrected chi connectivity index (χ3v) is 4.37. The van der Waals surface area contributed by atoms with Gasteiger partial charge in [-0.05, 0) is 42.7 Å². The van der Waals surface area contributed by atoms with Crippen LogP contribution in [0.2, 0.25) is 0 Å². The quantitative estimate of drug-likeness (QED) is 0.786. The van der Waals surface area contributed by atoms with Crippen molar-refractivity contribution >= 4 is 27.3 Å². The Morgan fingerprint density at radius 3 is 2.39 bits per heavy atom. The Morgan fingerprint density at radius 2 is 1.89 bits per heavy atom. The molecule has 0 aliphatic heterocycles. The number of hydrogen-bond donors (Lipinski definition) is 1. The molecule has 0 aliphatic rings. The zero-order chi connectivity index (χ0) is 13.6. The molecule has 0 heterocycles. The molecular weight excluding hydrogens is 280 g/mol. The maximum absolute atomic E-state index is 12.3. The number of alkyl halides is 2. The molecule has 18 heavy (non-hydrogen) atoms. The van der Waals surface area contributed by atoms with Crippen molar-refractivity contribution in [3.8, 4) is 0 Å². The number of anilines is 1. The minimum Gasteiger partial charge on any atom is -0.385 e. The number of hydrogen-bond acceptors (Lipinski definition) is 4. The van der Waals surface area contributed by atoms with Crippen LogP contribution in [0.5, 0.6) is 0 Å². The van der Waals surface area contributed by atoms with Gasteiger partial charge in [0.1, 0.15) is 0 Å². The van der Waals surface area contributed by atoms with E-state index in [1.54, 1.807) is 11.8 Å². The van der Waals surface area contributed by atoms with E-state index in [0.717, 1.165) is 24.4 Å². The van der Waals surface area contributed by atoms with E-state index in [0.29, 0.717) is 0 Å². The summed E-state index contributed by atoms with van der Waals surface area (Å²) in [6.45, 7) is 0.766. The van der Waals surface area contributed by atoms with E-state index < -0.39 is 15.6 Å². The van der Waals surface area contributed by atoms with Gasteiger partial charge < -0.3 is 5.32 Å². The first-order chi connectivity index (χ1) is 8.48. The van der Waals surface area contributed by atoms with Gasteiger partial charge in [0.05, 0.1) is 4.90 Å². The van der Waals surface area contributed by atoms with E-state index in [-0.39, 0.29) is 4.90 Å². The predicted octanol–water partition coefficient (Wildman–Crippen LogP) is 2.85. The van der Waals surface area contributed by atoms with Gasteiger partial charge in [0.2, 0.25) is 9.84 Å². The summed E-state index contributed by atoms with van der Waals surface area (Å²) in [6, 6.07) is 5.37. The Bertz CT molecular complexity index is 460. The zero-order valence-corrected chi connectivity index (χ0v) is 11.5. The fourth-order valence-corrected chi connectivity index (χ4v) is 2.47. The molecule has 0 atom stereocenters. The van der Waals surface area contributed by atoms with Crippen LogP contribution in [-0.2, 0) is 9.84 Å². The Balaban J connectivity index is 2.63. The second kappa shape index (κ2) is 6.94. The lowest BCUT2D eigenvalue weighted by molar-refractivity contribution is 0.234. The topological polar surface area (TPSA) is 46.2 Å². The minimum absolute atomic E-state index is 0.354. The van der Waals surface area contributed by atoms with Crippen LogP contribution in [0.1, 0.15) is 6.42 Å². The normalized spacial score (nSPS) is 11.8. The lowest BCUT2D eigenvalue weighted by Gasteiger charge is -2.07. The average molecular weight is 295 g/mol. The van der Waals surface area contributed by atoms with Crippen LogP contribution < -0.4 is 5.32 Å². The lowest BCUT2D eigenvalue weighted by atomic mass is 10.3. The van der Waals surface area contributed by atoms with E-state index in [9.17, 15) is 17.2 Å². The van der Waals surface area contributed by atoms with Gasteiger partial charge in [0, 0.05) is 12.2 Å². The van der Waals surface area contributed by atoms with Crippen LogP contribution in [0.4, 0.5) is 14.5 Å². The van der Waals surface area contributed by atoms with Crippen molar-refractivity contribution in [2.75, 3.05) is 23.9 Å². The molecule has 3 nitrogen and oxygen atoms in total. The largest absolute Gasteiger partial charge is 0.385 e. The van der Waals surface area contributed by atoms with Crippen LogP contribution in [0.25, 0.3) is 0 Å². The van der Waals surface area contributed by atoms with Crippen molar-refractivity contribution in [2.24, 2.45) is 0 Å². The van der Waals surface area contributed by atoms with Gasteiger partial charge in [0.15, 0.2) is 0 Å². The standard InChI is InChI=1S/C11H15F2NO2S2/c1-17-8-2-7-14-9-3-5-10(6-4-9)18(15,16)11(12)13/h3-6,11,14H,2,7-8H2,1H3. The Labute approximate surface area is 110 Å². The summed E-state index contributed by atoms with van der Waals surface area (Å²) in [4.78, 5) is -0.354. The highest BCUT2D eigenvalue weighted by Gasteiger charge is 2.26. The number of benzene rings is 1. The molecule has 1 aromatic rings. The van der Waals surface area contributed by atoms with Gasteiger partial charge in [-0.3, -0.25) is 0 Å². The van der Waals surface area contributed by atoms with Crippen molar-refractivity contribution in [1.82, 2.24) is 0 Å². The summed E-state index contributed by atoms with van der Waals surface area (Å²) in [5, 5.41) is 3.09. The van der Waals surface area contributed by atoms with Crippen molar-refractivity contribution in [2.45, 2.75) is 17.1 Å². The summed E-state index contributed by atoms with van der Waals surface area (Å²) in [6.07, 6.45) is 3.00. The second-order valence-corrected chi connectivity index (χ2v) is 6.51. The first kappa shape index (κ1) is 15.2. The predicted molar refractivity (Wildman–Crippen MR) is 71.1 cm³/mol. The maximum atomic E-state index is 12.3. The highest BCUT2D eigenvalue weighted by Crippen LogP contribution is 2.20. The fraction of sp³-hybridized carbons (Fsp3) is 0.455. The SMILES string of the molecule is CSCCCNc1ccc(S(=O)(=O)C(F)F)cc1. The van der Waals surface area contributed by atoms with Crippen molar-refractivity contribution < 1.29 is 17.2 Å². The molecule has 0 radical (unpaired) electrons. The molecule has 0 fully saturated rings. The van der Waals surface area contributed by atoms with Crippen LogP contribution >= 0.6 is 11.8 Å². The first-order valence-corrected chi connectivity index (χ1v) is 8.27. The summed E-state index contributed by atoms with van der Waals surface area (Å²) in [5.74, 6) is -2.34. The van der Waals surface area contributed by atoms with Crippen LogP contribution in [0, 0.1) is 0 Å². The fourth-order valence-electron chi connectivity index (χ4n) is 1.31. The molecule has 0 saturated heterocycles. The molecule has 0 aliphatic carbocycles. The summed E-state index contributed by atoms with van der Waals surface area (Å²) in [5.41, 5.74) is 0.726. The van der Waals surface area contributed by atoms with Crippen molar-refractivity contribution in [3.05, 3.63) is 24.3 Å². The first-order valence-electron chi connectivity index (χ1n) is 5.33. The molecule has 1 rings (SSSR count). The Morgan fingerprint density at radius 1 is 1.28 bits per heavy atom. The molecule has 0 bridgehead atoms. The average Bonchev–Trinajstić information content (AvgIpc) is 2.35. The molecule has 0 amide bonds. The third kappa shape index (κ3) is 4.13. The summed E-state index contributed by atoms with van der Waals surface area (Å²) >= 11 is 1.74. The summed E-state index contributed by atoms with van der Waals surface area (Å²) < 4.78 is 46.9. The molecule has 1 N–H and O–H groups in total.